The second-order valence-corrected chi connectivity index (χ2v) is 4.96. The first kappa shape index (κ1) is 11.7. The number of ether oxygens (including phenoxy) is 1. The van der Waals surface area contributed by atoms with Crippen molar-refractivity contribution < 1.29 is 4.74 Å². The fourth-order valence-corrected chi connectivity index (χ4v) is 2.83. The van der Waals surface area contributed by atoms with Crippen LogP contribution in [0.3, 0.4) is 0 Å². The molecule has 2 heterocycles. The first-order valence-corrected chi connectivity index (χ1v) is 6.89. The average molecular weight is 254 g/mol. The van der Waals surface area contributed by atoms with Crippen LogP contribution in [0, 0.1) is 0 Å². The van der Waals surface area contributed by atoms with E-state index in [9.17, 15) is 0 Å². The van der Waals surface area contributed by atoms with Crippen LogP contribution in [0.4, 0.5) is 0 Å². The van der Waals surface area contributed by atoms with Crippen LogP contribution in [0.2, 0.25) is 0 Å². The summed E-state index contributed by atoms with van der Waals surface area (Å²) < 4.78 is 4.96. The van der Waals surface area contributed by atoms with Gasteiger partial charge < -0.3 is 10.1 Å². The number of nitrogens with one attached hydrogen (secondary N) is 1. The minimum absolute atomic E-state index is 0.738. The van der Waals surface area contributed by atoms with E-state index in [1.807, 2.05) is 0 Å². The maximum atomic E-state index is 4.96. The first-order chi connectivity index (χ1) is 7.90. The van der Waals surface area contributed by atoms with Gasteiger partial charge in [0.1, 0.15) is 5.01 Å². The maximum absolute atomic E-state index is 4.96. The third-order valence-corrected chi connectivity index (χ3v) is 3.73. The lowest BCUT2D eigenvalue weighted by molar-refractivity contribution is 0.199. The molecule has 0 aliphatic heterocycles. The molecule has 0 aliphatic carbocycles. The van der Waals surface area contributed by atoms with Gasteiger partial charge in [0, 0.05) is 36.5 Å². The predicted molar refractivity (Wildman–Crippen MR) is 69.0 cm³/mol. The summed E-state index contributed by atoms with van der Waals surface area (Å²) >= 11 is 3.40. The smallest absolute Gasteiger partial charge is 0.124 e. The Morgan fingerprint density at radius 2 is 2.38 bits per heavy atom. The van der Waals surface area contributed by atoms with E-state index in [1.165, 1.54) is 5.56 Å². The number of aromatic nitrogens is 1. The highest BCUT2D eigenvalue weighted by Gasteiger charge is 2.04. The first-order valence-electron chi connectivity index (χ1n) is 5.07. The van der Waals surface area contributed by atoms with Gasteiger partial charge in [0.05, 0.1) is 12.3 Å². The van der Waals surface area contributed by atoms with Crippen LogP contribution >= 0.6 is 22.7 Å². The Kier molecular flexibility index (Phi) is 4.47. The molecule has 5 heteroatoms. The molecule has 0 aromatic carbocycles. The highest BCUT2D eigenvalue weighted by atomic mass is 32.1. The van der Waals surface area contributed by atoms with Crippen molar-refractivity contribution in [2.45, 2.75) is 6.54 Å². The standard InChI is InChI=1S/C11H14N2OS2/c1-14-4-3-12-6-10-8-16-11(13-10)9-2-5-15-7-9/h2,5,7-8,12H,3-4,6H2,1H3. The van der Waals surface area contributed by atoms with Gasteiger partial charge in [-0.15, -0.1) is 11.3 Å². The lowest BCUT2D eigenvalue weighted by atomic mass is 10.3. The van der Waals surface area contributed by atoms with Crippen LogP contribution in [0.1, 0.15) is 5.69 Å². The summed E-state index contributed by atoms with van der Waals surface area (Å²) in [5.74, 6) is 0. The van der Waals surface area contributed by atoms with Crippen molar-refractivity contribution in [1.29, 1.82) is 0 Å². The zero-order valence-corrected chi connectivity index (χ0v) is 10.7. The molecule has 2 rings (SSSR count). The fraction of sp³-hybridized carbons (Fsp3) is 0.364. The van der Waals surface area contributed by atoms with Crippen LogP contribution in [0.5, 0.6) is 0 Å². The lowest BCUT2D eigenvalue weighted by Gasteiger charge is -2.00. The molecule has 1 N–H and O–H groups in total. The van der Waals surface area contributed by atoms with E-state index in [2.05, 4.69) is 32.5 Å². The third kappa shape index (κ3) is 3.12. The van der Waals surface area contributed by atoms with E-state index in [0.717, 1.165) is 30.4 Å². The fourth-order valence-electron chi connectivity index (χ4n) is 1.30. The molecule has 0 fully saturated rings. The molecule has 86 valence electrons. The molecule has 0 amide bonds. The molecule has 0 spiro atoms. The molecule has 0 aliphatic rings. The molecule has 0 unspecified atom stereocenters. The zero-order chi connectivity index (χ0) is 11.2. The van der Waals surface area contributed by atoms with Gasteiger partial charge >= 0.3 is 0 Å². The van der Waals surface area contributed by atoms with Crippen LogP contribution in [0.15, 0.2) is 22.2 Å². The van der Waals surface area contributed by atoms with Gasteiger partial charge in [0.25, 0.3) is 0 Å². The molecular formula is C11H14N2OS2. The maximum Gasteiger partial charge on any atom is 0.124 e. The lowest BCUT2D eigenvalue weighted by Crippen LogP contribution is -2.18. The number of nitrogens with zero attached hydrogens (tertiary/aromatic N) is 1. The minimum atomic E-state index is 0.738. The van der Waals surface area contributed by atoms with Gasteiger partial charge in [-0.25, -0.2) is 4.98 Å². The molecule has 0 saturated carbocycles. The number of hydrogen-bond acceptors (Lipinski definition) is 5. The van der Waals surface area contributed by atoms with Gasteiger partial charge in [-0.3, -0.25) is 0 Å². The van der Waals surface area contributed by atoms with Crippen molar-refractivity contribution in [1.82, 2.24) is 10.3 Å². The number of thiophene rings is 1. The number of rotatable bonds is 6. The Morgan fingerprint density at radius 1 is 1.44 bits per heavy atom. The second kappa shape index (κ2) is 6.10. The van der Waals surface area contributed by atoms with Crippen molar-refractivity contribution in [3.05, 3.63) is 27.9 Å². The quantitative estimate of drug-likeness (QED) is 0.805. The van der Waals surface area contributed by atoms with Gasteiger partial charge in [-0.2, -0.15) is 11.3 Å². The van der Waals surface area contributed by atoms with E-state index in [1.54, 1.807) is 29.8 Å². The van der Waals surface area contributed by atoms with E-state index < -0.39 is 0 Å². The zero-order valence-electron chi connectivity index (χ0n) is 9.10. The topological polar surface area (TPSA) is 34.1 Å². The van der Waals surface area contributed by atoms with Gasteiger partial charge in [-0.05, 0) is 11.4 Å². The SMILES string of the molecule is COCCNCc1csc(-c2ccsc2)n1. The molecule has 0 atom stereocenters. The summed E-state index contributed by atoms with van der Waals surface area (Å²) in [6.07, 6.45) is 0. The Bertz CT molecular complexity index is 411. The minimum Gasteiger partial charge on any atom is -0.383 e. The van der Waals surface area contributed by atoms with Crippen molar-refractivity contribution in [3.8, 4) is 10.6 Å². The highest BCUT2D eigenvalue weighted by molar-refractivity contribution is 7.14. The summed E-state index contributed by atoms with van der Waals surface area (Å²) in [5, 5.41) is 10.7. The second-order valence-electron chi connectivity index (χ2n) is 3.33. The van der Waals surface area contributed by atoms with Crippen molar-refractivity contribution in [2.75, 3.05) is 20.3 Å². The Morgan fingerprint density at radius 3 is 3.12 bits per heavy atom. The largest absolute Gasteiger partial charge is 0.383 e. The van der Waals surface area contributed by atoms with Crippen LogP contribution in [-0.4, -0.2) is 25.2 Å². The Labute approximate surface area is 103 Å². The average Bonchev–Trinajstić information content (AvgIpc) is 2.94. The van der Waals surface area contributed by atoms with Crippen LogP contribution in [-0.2, 0) is 11.3 Å². The Hall–Kier alpha value is -0.750. The van der Waals surface area contributed by atoms with Crippen LogP contribution < -0.4 is 5.32 Å². The van der Waals surface area contributed by atoms with E-state index >= 15 is 0 Å². The van der Waals surface area contributed by atoms with Gasteiger partial charge in [0.2, 0.25) is 0 Å². The molecule has 3 nitrogen and oxygen atoms in total. The highest BCUT2D eigenvalue weighted by Crippen LogP contribution is 2.25. The molecule has 2 aromatic rings. The van der Waals surface area contributed by atoms with E-state index in [4.69, 9.17) is 4.74 Å². The molecule has 0 saturated heterocycles. The molecule has 0 bridgehead atoms. The Balaban J connectivity index is 1.88. The van der Waals surface area contributed by atoms with Gasteiger partial charge in [-0.1, -0.05) is 0 Å². The normalized spacial score (nSPS) is 10.8. The van der Waals surface area contributed by atoms with Crippen molar-refractivity contribution in [2.24, 2.45) is 0 Å². The summed E-state index contributed by atoms with van der Waals surface area (Å²) in [6, 6.07) is 2.10. The summed E-state index contributed by atoms with van der Waals surface area (Å²) in [6.45, 7) is 2.41. The van der Waals surface area contributed by atoms with Gasteiger partial charge in [0.15, 0.2) is 0 Å². The summed E-state index contributed by atoms with van der Waals surface area (Å²) in [5.41, 5.74) is 2.32. The number of hydrogen-bond donors (Lipinski definition) is 1. The monoisotopic (exact) mass is 254 g/mol. The molecule has 16 heavy (non-hydrogen) atoms. The molecule has 2 aromatic heterocycles. The van der Waals surface area contributed by atoms with E-state index in [0.29, 0.717) is 0 Å². The summed E-state index contributed by atoms with van der Waals surface area (Å²) in [4.78, 5) is 4.57. The number of methoxy groups -OCH3 is 1. The summed E-state index contributed by atoms with van der Waals surface area (Å²) in [7, 11) is 1.71. The molecule has 0 radical (unpaired) electrons. The van der Waals surface area contributed by atoms with Crippen molar-refractivity contribution in [3.63, 3.8) is 0 Å². The number of thiazole rings is 1. The predicted octanol–water partition coefficient (Wildman–Crippen LogP) is 2.61. The van der Waals surface area contributed by atoms with E-state index in [-0.39, 0.29) is 0 Å². The van der Waals surface area contributed by atoms with Crippen molar-refractivity contribution >= 4 is 22.7 Å². The third-order valence-electron chi connectivity index (χ3n) is 2.11. The van der Waals surface area contributed by atoms with Crippen LogP contribution in [0.25, 0.3) is 10.6 Å². The molecular weight excluding hydrogens is 240 g/mol.